The first-order valence-electron chi connectivity index (χ1n) is 9.54. The van der Waals surface area contributed by atoms with E-state index in [1.54, 1.807) is 29.4 Å². The number of hydrogen-bond donors (Lipinski definition) is 0. The summed E-state index contributed by atoms with van der Waals surface area (Å²) in [6.45, 7) is 0. The van der Waals surface area contributed by atoms with E-state index in [4.69, 9.17) is 11.6 Å². The van der Waals surface area contributed by atoms with Crippen LogP contribution in [0.25, 0.3) is 10.6 Å². The van der Waals surface area contributed by atoms with Gasteiger partial charge in [-0.2, -0.15) is 11.3 Å². The van der Waals surface area contributed by atoms with Gasteiger partial charge >= 0.3 is 0 Å². The average molecular weight is 445 g/mol. The SMILES string of the molecule is CN(C(=O)Cc1csc(-c2ccsc2)n1)C1(c2ccccc2Cl)CCCCC1=O. The normalized spacial score (nSPS) is 19.3. The monoisotopic (exact) mass is 444 g/mol. The third-order valence-corrected chi connectivity index (χ3v) is 7.53. The molecule has 1 atom stereocenters. The Kier molecular flexibility index (Phi) is 5.86. The maximum Gasteiger partial charge on any atom is 0.229 e. The van der Waals surface area contributed by atoms with Crippen LogP contribution < -0.4 is 0 Å². The predicted octanol–water partition coefficient (Wildman–Crippen LogP) is 5.56. The van der Waals surface area contributed by atoms with Crippen LogP contribution in [0.1, 0.15) is 36.9 Å². The summed E-state index contributed by atoms with van der Waals surface area (Å²) < 4.78 is 0. The smallest absolute Gasteiger partial charge is 0.229 e. The topological polar surface area (TPSA) is 50.3 Å². The summed E-state index contributed by atoms with van der Waals surface area (Å²) in [5.74, 6) is -0.0627. The van der Waals surface area contributed by atoms with Gasteiger partial charge in [0.05, 0.1) is 12.1 Å². The van der Waals surface area contributed by atoms with E-state index in [2.05, 4.69) is 4.98 Å². The number of carbonyl (C=O) groups is 2. The Bertz CT molecular complexity index is 1030. The van der Waals surface area contributed by atoms with Gasteiger partial charge in [-0.15, -0.1) is 11.3 Å². The highest BCUT2D eigenvalue weighted by Gasteiger charge is 2.47. The lowest BCUT2D eigenvalue weighted by atomic mass is 9.74. The number of thiazole rings is 1. The maximum absolute atomic E-state index is 13.2. The molecule has 2 aromatic heterocycles. The van der Waals surface area contributed by atoms with Crippen LogP contribution in [0.15, 0.2) is 46.5 Å². The first-order chi connectivity index (χ1) is 14.0. The molecule has 1 aliphatic rings. The minimum atomic E-state index is -1.00. The molecule has 0 N–H and O–H groups in total. The Morgan fingerprint density at radius 2 is 2.07 bits per heavy atom. The van der Waals surface area contributed by atoms with Crippen LogP contribution >= 0.6 is 34.3 Å². The molecular formula is C22H21ClN2O2S2. The van der Waals surface area contributed by atoms with E-state index in [9.17, 15) is 9.59 Å². The Morgan fingerprint density at radius 3 is 2.79 bits per heavy atom. The van der Waals surface area contributed by atoms with Crippen molar-refractivity contribution in [2.45, 2.75) is 37.6 Å². The van der Waals surface area contributed by atoms with Crippen molar-refractivity contribution in [2.75, 3.05) is 7.05 Å². The summed E-state index contributed by atoms with van der Waals surface area (Å²) in [5, 5.41) is 7.41. The summed E-state index contributed by atoms with van der Waals surface area (Å²) in [5.41, 5.74) is 1.52. The van der Waals surface area contributed by atoms with E-state index in [-0.39, 0.29) is 18.1 Å². The molecule has 0 bridgehead atoms. The van der Waals surface area contributed by atoms with Crippen molar-refractivity contribution in [1.29, 1.82) is 0 Å². The zero-order chi connectivity index (χ0) is 20.4. The summed E-state index contributed by atoms with van der Waals surface area (Å²) in [7, 11) is 1.72. The molecule has 1 fully saturated rings. The summed E-state index contributed by atoms with van der Waals surface area (Å²) in [6.07, 6.45) is 2.95. The third kappa shape index (κ3) is 3.77. The van der Waals surface area contributed by atoms with Crippen LogP contribution in [0, 0.1) is 0 Å². The van der Waals surface area contributed by atoms with Crippen molar-refractivity contribution >= 4 is 46.0 Å². The average Bonchev–Trinajstić information content (AvgIpc) is 3.40. The fraction of sp³-hybridized carbons (Fsp3) is 0.318. The number of Topliss-reactive ketones (excluding diaryl/α,β-unsaturated/α-hetero) is 1. The molecule has 1 saturated carbocycles. The maximum atomic E-state index is 13.2. The third-order valence-electron chi connectivity index (χ3n) is 5.57. The molecule has 0 saturated heterocycles. The number of benzene rings is 1. The van der Waals surface area contributed by atoms with Crippen LogP contribution in [0.3, 0.4) is 0 Å². The highest BCUT2D eigenvalue weighted by molar-refractivity contribution is 7.14. The summed E-state index contributed by atoms with van der Waals surface area (Å²) in [4.78, 5) is 32.6. The van der Waals surface area contributed by atoms with Crippen molar-refractivity contribution in [1.82, 2.24) is 9.88 Å². The van der Waals surface area contributed by atoms with Gasteiger partial charge in [0.1, 0.15) is 10.5 Å². The quantitative estimate of drug-likeness (QED) is 0.517. The minimum Gasteiger partial charge on any atom is -0.328 e. The largest absolute Gasteiger partial charge is 0.328 e. The van der Waals surface area contributed by atoms with E-state index in [1.165, 1.54) is 11.3 Å². The molecule has 0 radical (unpaired) electrons. The molecule has 2 heterocycles. The second-order valence-corrected chi connectivity index (χ2v) is 9.30. The van der Waals surface area contributed by atoms with Gasteiger partial charge < -0.3 is 4.90 Å². The van der Waals surface area contributed by atoms with Crippen LogP contribution in [0.5, 0.6) is 0 Å². The molecule has 1 aromatic carbocycles. The molecule has 4 rings (SSSR count). The molecule has 1 amide bonds. The first kappa shape index (κ1) is 20.3. The molecule has 4 nitrogen and oxygen atoms in total. The zero-order valence-electron chi connectivity index (χ0n) is 16.1. The molecule has 0 aliphatic heterocycles. The van der Waals surface area contributed by atoms with E-state index < -0.39 is 5.54 Å². The lowest BCUT2D eigenvalue weighted by molar-refractivity contribution is -0.147. The first-order valence-corrected chi connectivity index (χ1v) is 11.7. The van der Waals surface area contributed by atoms with Crippen molar-refractivity contribution in [3.05, 3.63) is 62.8 Å². The molecule has 29 heavy (non-hydrogen) atoms. The number of thiophene rings is 1. The number of halogens is 1. The number of hydrogen-bond acceptors (Lipinski definition) is 5. The second kappa shape index (κ2) is 8.38. The molecule has 7 heteroatoms. The van der Waals surface area contributed by atoms with Crippen LogP contribution in [-0.2, 0) is 21.5 Å². The lowest BCUT2D eigenvalue weighted by Crippen LogP contribution is -2.54. The fourth-order valence-corrected chi connectivity index (χ4v) is 5.85. The summed E-state index contributed by atoms with van der Waals surface area (Å²) >= 11 is 9.64. The van der Waals surface area contributed by atoms with Gasteiger partial charge in [-0.1, -0.05) is 29.8 Å². The number of rotatable bonds is 5. The van der Waals surface area contributed by atoms with Crippen molar-refractivity contribution in [2.24, 2.45) is 0 Å². The van der Waals surface area contributed by atoms with Crippen molar-refractivity contribution in [3.63, 3.8) is 0 Å². The Hall–Kier alpha value is -2.02. The Labute approximate surface area is 183 Å². The molecule has 3 aromatic rings. The minimum absolute atomic E-state index is 0.0601. The fourth-order valence-electron chi connectivity index (χ4n) is 4.02. The van der Waals surface area contributed by atoms with E-state index in [0.717, 1.165) is 34.7 Å². The predicted molar refractivity (Wildman–Crippen MR) is 119 cm³/mol. The Morgan fingerprint density at radius 1 is 1.24 bits per heavy atom. The van der Waals surface area contributed by atoms with Crippen molar-refractivity contribution < 1.29 is 9.59 Å². The van der Waals surface area contributed by atoms with Crippen LogP contribution in [0.2, 0.25) is 5.02 Å². The number of nitrogens with zero attached hydrogens (tertiary/aromatic N) is 2. The zero-order valence-corrected chi connectivity index (χ0v) is 18.4. The van der Waals surface area contributed by atoms with Gasteiger partial charge in [0, 0.05) is 40.4 Å². The standard InChI is InChI=1S/C22H21ClN2O2S2/c1-25(20(27)12-16-14-29-21(24-16)15-9-11-28-13-15)22(10-5-4-8-19(22)26)17-6-2-3-7-18(17)23/h2-3,6-7,9,11,13-14H,4-5,8,10,12H2,1H3. The van der Waals surface area contributed by atoms with E-state index >= 15 is 0 Å². The molecule has 1 unspecified atom stereocenters. The Balaban J connectivity index is 1.63. The van der Waals surface area contributed by atoms with Gasteiger partial charge in [-0.3, -0.25) is 9.59 Å². The van der Waals surface area contributed by atoms with Gasteiger partial charge in [-0.25, -0.2) is 4.98 Å². The van der Waals surface area contributed by atoms with E-state index in [0.29, 0.717) is 17.9 Å². The lowest BCUT2D eigenvalue weighted by Gasteiger charge is -2.44. The number of aromatic nitrogens is 1. The van der Waals surface area contributed by atoms with Gasteiger partial charge in [-0.05, 0) is 36.8 Å². The molecule has 150 valence electrons. The molecule has 1 aliphatic carbocycles. The van der Waals surface area contributed by atoms with Crippen molar-refractivity contribution in [3.8, 4) is 10.6 Å². The highest BCUT2D eigenvalue weighted by Crippen LogP contribution is 2.42. The number of amides is 1. The second-order valence-electron chi connectivity index (χ2n) is 7.26. The van der Waals surface area contributed by atoms with Gasteiger partial charge in [0.15, 0.2) is 5.78 Å². The number of carbonyl (C=O) groups excluding carboxylic acids is 2. The molecule has 0 spiro atoms. The number of ketones is 1. The van der Waals surface area contributed by atoms with Crippen LogP contribution in [-0.4, -0.2) is 28.6 Å². The summed E-state index contributed by atoms with van der Waals surface area (Å²) in [6, 6.07) is 9.39. The number of likely N-dealkylation sites (N-methyl/N-ethyl adjacent to an activating group) is 1. The van der Waals surface area contributed by atoms with Crippen LogP contribution in [0.4, 0.5) is 0 Å². The highest BCUT2D eigenvalue weighted by atomic mass is 35.5. The van der Waals surface area contributed by atoms with Gasteiger partial charge in [0.25, 0.3) is 0 Å². The molecular weight excluding hydrogens is 424 g/mol. The van der Waals surface area contributed by atoms with Gasteiger partial charge in [0.2, 0.25) is 5.91 Å². The van der Waals surface area contributed by atoms with E-state index in [1.807, 2.05) is 40.4 Å².